The lowest BCUT2D eigenvalue weighted by molar-refractivity contribution is 0.145. The summed E-state index contributed by atoms with van der Waals surface area (Å²) in [7, 11) is 1.29. The van der Waals surface area contributed by atoms with Crippen LogP contribution in [0.5, 0.6) is 5.75 Å². The highest BCUT2D eigenvalue weighted by Gasteiger charge is 2.13. The molecule has 1 aromatic heterocycles. The van der Waals surface area contributed by atoms with Crippen LogP contribution in [0.15, 0.2) is 15.5 Å². The molecule has 1 aromatic rings. The molecule has 3 nitrogen and oxygen atoms in total. The molecule has 0 saturated carbocycles. The van der Waals surface area contributed by atoms with Crippen molar-refractivity contribution >= 4 is 15.9 Å². The Hall–Kier alpha value is -0.910. The molecule has 0 aliphatic heterocycles. The van der Waals surface area contributed by atoms with Gasteiger partial charge in [0.15, 0.2) is 5.75 Å². The predicted molar refractivity (Wildman–Crippen MR) is 46.3 cm³/mol. The monoisotopic (exact) mass is 253 g/mol. The Kier molecular flexibility index (Phi) is 3.02. The van der Waals surface area contributed by atoms with Crippen LogP contribution in [-0.2, 0) is 0 Å². The van der Waals surface area contributed by atoms with E-state index < -0.39 is 17.5 Å². The van der Waals surface area contributed by atoms with Crippen LogP contribution in [0.4, 0.5) is 8.78 Å². The number of hydrogen-bond donors (Lipinski definition) is 1. The van der Waals surface area contributed by atoms with Crippen molar-refractivity contribution in [3.63, 3.8) is 0 Å². The zero-order valence-corrected chi connectivity index (χ0v) is 8.19. The predicted octanol–water partition coefficient (Wildman–Crippen LogP) is 2.08. The van der Waals surface area contributed by atoms with Gasteiger partial charge in [-0.3, -0.25) is 4.79 Å². The van der Waals surface area contributed by atoms with Crippen LogP contribution >= 0.6 is 15.9 Å². The van der Waals surface area contributed by atoms with Crippen molar-refractivity contribution in [2.75, 3.05) is 7.11 Å². The molecule has 1 heterocycles. The van der Waals surface area contributed by atoms with Gasteiger partial charge >= 0.3 is 0 Å². The van der Waals surface area contributed by atoms with E-state index in [1.165, 1.54) is 7.11 Å². The molecule has 0 amide bonds. The van der Waals surface area contributed by atoms with E-state index in [1.54, 1.807) is 0 Å². The van der Waals surface area contributed by atoms with Crippen molar-refractivity contribution in [1.82, 2.24) is 4.98 Å². The van der Waals surface area contributed by atoms with Gasteiger partial charge in [0.1, 0.15) is 4.60 Å². The van der Waals surface area contributed by atoms with Crippen LogP contribution in [0.3, 0.4) is 0 Å². The van der Waals surface area contributed by atoms with Crippen molar-refractivity contribution in [1.29, 1.82) is 0 Å². The molecule has 1 N–H and O–H groups in total. The number of alkyl halides is 2. The maximum absolute atomic E-state index is 12.1. The average molecular weight is 254 g/mol. The van der Waals surface area contributed by atoms with E-state index in [2.05, 4.69) is 25.7 Å². The molecule has 72 valence electrons. The molecule has 0 radical (unpaired) electrons. The average Bonchev–Trinajstić information content (AvgIpc) is 2.03. The molecular formula is C7H6BrF2NO2. The van der Waals surface area contributed by atoms with E-state index in [0.29, 0.717) is 0 Å². The number of ether oxygens (including phenoxy) is 1. The number of nitrogens with one attached hydrogen (secondary N) is 1. The van der Waals surface area contributed by atoms with Crippen molar-refractivity contribution < 1.29 is 13.5 Å². The van der Waals surface area contributed by atoms with Crippen LogP contribution < -0.4 is 10.2 Å². The number of halogens is 3. The number of aromatic nitrogens is 1. The fourth-order valence-corrected chi connectivity index (χ4v) is 1.43. The molecule has 0 saturated heterocycles. The summed E-state index contributed by atoms with van der Waals surface area (Å²) in [6.45, 7) is 0. The van der Waals surface area contributed by atoms with Gasteiger partial charge in [0, 0.05) is 6.07 Å². The second-order valence-electron chi connectivity index (χ2n) is 2.24. The second-order valence-corrected chi connectivity index (χ2v) is 3.03. The summed E-state index contributed by atoms with van der Waals surface area (Å²) in [5.41, 5.74) is -1.01. The van der Waals surface area contributed by atoms with Gasteiger partial charge in [-0.15, -0.1) is 0 Å². The quantitative estimate of drug-likeness (QED) is 0.821. The van der Waals surface area contributed by atoms with Crippen molar-refractivity contribution in [2.45, 2.75) is 6.43 Å². The van der Waals surface area contributed by atoms with Gasteiger partial charge in [0.25, 0.3) is 6.43 Å². The zero-order chi connectivity index (χ0) is 10.0. The number of hydrogen-bond acceptors (Lipinski definition) is 2. The van der Waals surface area contributed by atoms with Gasteiger partial charge in [-0.05, 0) is 15.9 Å². The molecule has 0 aliphatic rings. The third-order valence-corrected chi connectivity index (χ3v) is 1.96. The van der Waals surface area contributed by atoms with Crippen molar-refractivity contribution in [2.24, 2.45) is 0 Å². The Bertz CT molecular complexity index is 364. The van der Waals surface area contributed by atoms with E-state index in [0.717, 1.165) is 6.07 Å². The Morgan fingerprint density at radius 3 is 2.62 bits per heavy atom. The van der Waals surface area contributed by atoms with E-state index in [-0.39, 0.29) is 10.4 Å². The molecule has 0 aromatic carbocycles. The summed E-state index contributed by atoms with van der Waals surface area (Å²) in [4.78, 5) is 13.4. The van der Waals surface area contributed by atoms with Crippen LogP contribution in [0.1, 0.15) is 12.1 Å². The maximum atomic E-state index is 12.1. The summed E-state index contributed by atoms with van der Waals surface area (Å²) in [6, 6.07) is 0.814. The molecule has 6 heteroatoms. The number of pyridine rings is 1. The fraction of sp³-hybridized carbons (Fsp3) is 0.286. The van der Waals surface area contributed by atoms with E-state index in [1.807, 2.05) is 0 Å². The van der Waals surface area contributed by atoms with E-state index in [9.17, 15) is 13.6 Å². The van der Waals surface area contributed by atoms with Gasteiger partial charge in [0.05, 0.1) is 12.8 Å². The first-order chi connectivity index (χ1) is 6.06. The van der Waals surface area contributed by atoms with E-state index >= 15 is 0 Å². The minimum atomic E-state index is -2.70. The summed E-state index contributed by atoms with van der Waals surface area (Å²) in [6.07, 6.45) is -2.70. The largest absolute Gasteiger partial charge is 0.490 e. The lowest BCUT2D eigenvalue weighted by Crippen LogP contribution is -2.08. The molecule has 0 atom stereocenters. The first kappa shape index (κ1) is 10.2. The first-order valence-electron chi connectivity index (χ1n) is 3.31. The lowest BCUT2D eigenvalue weighted by Gasteiger charge is -2.04. The lowest BCUT2D eigenvalue weighted by atomic mass is 10.3. The highest BCUT2D eigenvalue weighted by molar-refractivity contribution is 9.10. The van der Waals surface area contributed by atoms with Crippen molar-refractivity contribution in [3.8, 4) is 5.75 Å². The summed E-state index contributed by atoms with van der Waals surface area (Å²) >= 11 is 2.91. The Morgan fingerprint density at radius 1 is 1.62 bits per heavy atom. The Labute approximate surface area is 80.9 Å². The molecule has 0 unspecified atom stereocenters. The van der Waals surface area contributed by atoms with Gasteiger partial charge in [-0.2, -0.15) is 0 Å². The fourth-order valence-electron chi connectivity index (χ4n) is 0.842. The summed E-state index contributed by atoms with van der Waals surface area (Å²) in [5, 5.41) is 0. The summed E-state index contributed by atoms with van der Waals surface area (Å²) < 4.78 is 29.1. The van der Waals surface area contributed by atoms with Gasteiger partial charge in [-0.1, -0.05) is 0 Å². The summed E-state index contributed by atoms with van der Waals surface area (Å²) in [5.74, 6) is -0.00981. The zero-order valence-electron chi connectivity index (χ0n) is 6.61. The first-order valence-corrected chi connectivity index (χ1v) is 4.10. The molecule has 0 spiro atoms. The molecular weight excluding hydrogens is 248 g/mol. The SMILES string of the molecule is COc1c(Br)[nH]c(C(F)F)cc1=O. The van der Waals surface area contributed by atoms with Crippen LogP contribution in [0.25, 0.3) is 0 Å². The number of rotatable bonds is 2. The molecule has 1 rings (SSSR count). The highest BCUT2D eigenvalue weighted by Crippen LogP contribution is 2.22. The van der Waals surface area contributed by atoms with Crippen molar-refractivity contribution in [3.05, 3.63) is 26.6 Å². The minimum absolute atomic E-state index is 0.00981. The molecule has 0 aliphatic carbocycles. The molecule has 0 bridgehead atoms. The third kappa shape index (κ3) is 2.06. The van der Waals surface area contributed by atoms with Gasteiger partial charge in [0.2, 0.25) is 5.43 Å². The molecule has 0 fully saturated rings. The highest BCUT2D eigenvalue weighted by atomic mass is 79.9. The van der Waals surface area contributed by atoms with Gasteiger partial charge in [-0.25, -0.2) is 8.78 Å². The van der Waals surface area contributed by atoms with Gasteiger partial charge < -0.3 is 9.72 Å². The molecule has 13 heavy (non-hydrogen) atoms. The topological polar surface area (TPSA) is 42.1 Å². The Balaban J connectivity index is 3.29. The van der Waals surface area contributed by atoms with E-state index in [4.69, 9.17) is 0 Å². The maximum Gasteiger partial charge on any atom is 0.278 e. The van der Waals surface area contributed by atoms with Crippen LogP contribution in [0, 0.1) is 0 Å². The Morgan fingerprint density at radius 2 is 2.23 bits per heavy atom. The normalized spacial score (nSPS) is 10.5. The smallest absolute Gasteiger partial charge is 0.278 e. The number of aromatic amines is 1. The third-order valence-electron chi connectivity index (χ3n) is 1.40. The second kappa shape index (κ2) is 3.87. The minimum Gasteiger partial charge on any atom is -0.490 e. The standard InChI is InChI=1S/C7H6BrF2NO2/c1-13-5-4(12)2-3(7(9)10)11-6(5)8/h2,7H,1H3,(H,11,12). The number of H-pyrrole nitrogens is 1. The van der Waals surface area contributed by atoms with Crippen LogP contribution in [-0.4, -0.2) is 12.1 Å². The number of methoxy groups -OCH3 is 1. The van der Waals surface area contributed by atoms with Crippen LogP contribution in [0.2, 0.25) is 0 Å².